The fourth-order valence-electron chi connectivity index (χ4n) is 1.65. The molecule has 0 saturated carbocycles. The van der Waals surface area contributed by atoms with Crippen LogP contribution in [0.15, 0.2) is 24.3 Å². The molecule has 0 spiro atoms. The van der Waals surface area contributed by atoms with Crippen LogP contribution < -0.4 is 5.32 Å². The van der Waals surface area contributed by atoms with Gasteiger partial charge in [0.15, 0.2) is 0 Å². The minimum absolute atomic E-state index is 0.240. The molecule has 0 aliphatic carbocycles. The Hall–Kier alpha value is -2.05. The van der Waals surface area contributed by atoms with Gasteiger partial charge in [0.1, 0.15) is 0 Å². The highest BCUT2D eigenvalue weighted by molar-refractivity contribution is 5.96. The molecule has 1 atom stereocenters. The van der Waals surface area contributed by atoms with E-state index in [0.29, 0.717) is 0 Å². The predicted molar refractivity (Wildman–Crippen MR) is 69.8 cm³/mol. The second kappa shape index (κ2) is 6.15. The molecule has 21 heavy (non-hydrogen) atoms. The quantitative estimate of drug-likeness (QED) is 0.879. The number of carbonyl (C=O) groups excluding carboxylic acids is 1. The minimum Gasteiger partial charge on any atom is -0.481 e. The van der Waals surface area contributed by atoms with Crippen LogP contribution in [0.25, 0.3) is 0 Å². The topological polar surface area (TPSA) is 66.4 Å². The molecule has 0 saturated heterocycles. The first-order valence-electron chi connectivity index (χ1n) is 6.29. The van der Waals surface area contributed by atoms with Crippen LogP contribution in [0.1, 0.15) is 36.2 Å². The van der Waals surface area contributed by atoms with Gasteiger partial charge in [0.05, 0.1) is 16.5 Å². The maximum absolute atomic E-state index is 12.8. The van der Waals surface area contributed by atoms with Gasteiger partial charge in [0.25, 0.3) is 5.91 Å². The predicted octanol–water partition coefficient (Wildman–Crippen LogP) is 2.94. The van der Waals surface area contributed by atoms with Crippen molar-refractivity contribution in [3.05, 3.63) is 35.4 Å². The van der Waals surface area contributed by atoms with Crippen LogP contribution in [0.2, 0.25) is 0 Å². The van der Waals surface area contributed by atoms with Crippen molar-refractivity contribution < 1.29 is 27.9 Å². The summed E-state index contributed by atoms with van der Waals surface area (Å²) in [5.41, 5.74) is -2.78. The molecule has 0 heterocycles. The van der Waals surface area contributed by atoms with E-state index in [9.17, 15) is 22.8 Å². The number of aliphatic carboxylic acids is 1. The monoisotopic (exact) mass is 303 g/mol. The molecular formula is C14H16F3NO3. The van der Waals surface area contributed by atoms with Crippen molar-refractivity contribution in [2.75, 3.05) is 6.54 Å². The number of carbonyl (C=O) groups is 2. The summed E-state index contributed by atoms with van der Waals surface area (Å²) in [6.45, 7) is 2.80. The molecule has 1 rings (SSSR count). The minimum atomic E-state index is -4.64. The lowest BCUT2D eigenvalue weighted by atomic mass is 9.87. The van der Waals surface area contributed by atoms with Gasteiger partial charge in [0.2, 0.25) is 0 Å². The fraction of sp³-hybridized carbons (Fsp3) is 0.429. The third-order valence-electron chi connectivity index (χ3n) is 3.41. The zero-order chi connectivity index (χ0) is 16.3. The van der Waals surface area contributed by atoms with E-state index in [1.54, 1.807) is 6.92 Å². The first kappa shape index (κ1) is 17.0. The highest BCUT2D eigenvalue weighted by Gasteiger charge is 2.36. The van der Waals surface area contributed by atoms with Gasteiger partial charge in [0, 0.05) is 6.54 Å². The largest absolute Gasteiger partial charge is 0.481 e. The van der Waals surface area contributed by atoms with Crippen molar-refractivity contribution in [3.8, 4) is 0 Å². The van der Waals surface area contributed by atoms with E-state index in [1.165, 1.54) is 19.1 Å². The van der Waals surface area contributed by atoms with E-state index in [-0.39, 0.29) is 13.0 Å². The summed E-state index contributed by atoms with van der Waals surface area (Å²) >= 11 is 0. The van der Waals surface area contributed by atoms with Gasteiger partial charge in [-0.3, -0.25) is 9.59 Å². The molecular weight excluding hydrogens is 287 g/mol. The Morgan fingerprint density at radius 2 is 1.81 bits per heavy atom. The van der Waals surface area contributed by atoms with Gasteiger partial charge in [-0.2, -0.15) is 13.2 Å². The van der Waals surface area contributed by atoms with Gasteiger partial charge in [-0.05, 0) is 25.5 Å². The van der Waals surface area contributed by atoms with Crippen LogP contribution in [0.4, 0.5) is 13.2 Å². The number of amides is 1. The summed E-state index contributed by atoms with van der Waals surface area (Å²) in [5, 5.41) is 11.3. The molecule has 0 bridgehead atoms. The number of carboxylic acid groups (broad SMARTS) is 1. The number of hydrogen-bond acceptors (Lipinski definition) is 2. The Morgan fingerprint density at radius 3 is 2.29 bits per heavy atom. The molecule has 1 aromatic carbocycles. The molecule has 1 amide bonds. The third kappa shape index (κ3) is 3.96. The lowest BCUT2D eigenvalue weighted by Crippen LogP contribution is -2.41. The first-order valence-corrected chi connectivity index (χ1v) is 6.29. The Morgan fingerprint density at radius 1 is 1.24 bits per heavy atom. The van der Waals surface area contributed by atoms with E-state index < -0.39 is 34.6 Å². The second-order valence-corrected chi connectivity index (χ2v) is 4.95. The Labute approximate surface area is 120 Å². The van der Waals surface area contributed by atoms with Crippen LogP contribution >= 0.6 is 0 Å². The smallest absolute Gasteiger partial charge is 0.417 e. The first-order chi connectivity index (χ1) is 9.62. The fourth-order valence-corrected chi connectivity index (χ4v) is 1.65. The van der Waals surface area contributed by atoms with Crippen molar-refractivity contribution in [2.24, 2.45) is 5.41 Å². The van der Waals surface area contributed by atoms with Crippen LogP contribution in [0.3, 0.4) is 0 Å². The lowest BCUT2D eigenvalue weighted by Gasteiger charge is -2.23. The van der Waals surface area contributed by atoms with E-state index in [4.69, 9.17) is 5.11 Å². The summed E-state index contributed by atoms with van der Waals surface area (Å²) in [6.07, 6.45) is -4.40. The molecule has 0 aromatic heterocycles. The van der Waals surface area contributed by atoms with E-state index in [0.717, 1.165) is 12.1 Å². The molecule has 4 nitrogen and oxygen atoms in total. The van der Waals surface area contributed by atoms with Gasteiger partial charge in [-0.25, -0.2) is 0 Å². The van der Waals surface area contributed by atoms with Crippen molar-refractivity contribution in [3.63, 3.8) is 0 Å². The van der Waals surface area contributed by atoms with Crippen molar-refractivity contribution >= 4 is 11.9 Å². The number of nitrogens with one attached hydrogen (secondary N) is 1. The summed E-state index contributed by atoms with van der Waals surface area (Å²) in [5.74, 6) is -2.06. The molecule has 1 aromatic rings. The molecule has 7 heteroatoms. The van der Waals surface area contributed by atoms with Crippen LogP contribution in [0, 0.1) is 5.41 Å². The van der Waals surface area contributed by atoms with Crippen LogP contribution in [-0.4, -0.2) is 23.5 Å². The normalized spacial score (nSPS) is 14.3. The summed E-state index contributed by atoms with van der Waals surface area (Å²) in [4.78, 5) is 23.0. The highest BCUT2D eigenvalue weighted by Crippen LogP contribution is 2.31. The van der Waals surface area contributed by atoms with Gasteiger partial charge in [-0.15, -0.1) is 0 Å². The third-order valence-corrected chi connectivity index (χ3v) is 3.41. The lowest BCUT2D eigenvalue weighted by molar-refractivity contribution is -0.147. The standard InChI is InChI=1S/C14H16F3NO3/c1-3-13(2,12(20)21)8-18-11(19)9-6-4-5-7-10(9)14(15,16)17/h4-7H,3,8H2,1-2H3,(H,18,19)(H,20,21). The number of halogens is 3. The summed E-state index contributed by atoms with van der Waals surface area (Å²) in [7, 11) is 0. The summed E-state index contributed by atoms with van der Waals surface area (Å²) in [6, 6.07) is 4.38. The number of benzene rings is 1. The maximum Gasteiger partial charge on any atom is 0.417 e. The zero-order valence-electron chi connectivity index (χ0n) is 11.6. The van der Waals surface area contributed by atoms with E-state index in [2.05, 4.69) is 5.32 Å². The van der Waals surface area contributed by atoms with Crippen molar-refractivity contribution in [1.29, 1.82) is 0 Å². The number of alkyl halides is 3. The van der Waals surface area contributed by atoms with Crippen LogP contribution in [-0.2, 0) is 11.0 Å². The molecule has 0 fully saturated rings. The number of hydrogen-bond donors (Lipinski definition) is 2. The van der Waals surface area contributed by atoms with Crippen molar-refractivity contribution in [2.45, 2.75) is 26.4 Å². The second-order valence-electron chi connectivity index (χ2n) is 4.95. The molecule has 1 unspecified atom stereocenters. The van der Waals surface area contributed by atoms with E-state index >= 15 is 0 Å². The molecule has 116 valence electrons. The van der Waals surface area contributed by atoms with Gasteiger partial charge >= 0.3 is 12.1 Å². The average molecular weight is 303 g/mol. The van der Waals surface area contributed by atoms with Gasteiger partial charge < -0.3 is 10.4 Å². The molecule has 2 N–H and O–H groups in total. The Bertz CT molecular complexity index is 543. The van der Waals surface area contributed by atoms with Crippen LogP contribution in [0.5, 0.6) is 0 Å². The molecule has 0 radical (unpaired) electrons. The van der Waals surface area contributed by atoms with Gasteiger partial charge in [-0.1, -0.05) is 19.1 Å². The average Bonchev–Trinajstić information content (AvgIpc) is 2.43. The van der Waals surface area contributed by atoms with E-state index in [1.807, 2.05) is 0 Å². The Balaban J connectivity index is 2.94. The zero-order valence-corrected chi connectivity index (χ0v) is 11.6. The number of rotatable bonds is 5. The number of carboxylic acids is 1. The SMILES string of the molecule is CCC(C)(CNC(=O)c1ccccc1C(F)(F)F)C(=O)O. The molecule has 0 aliphatic heterocycles. The highest BCUT2D eigenvalue weighted by atomic mass is 19.4. The maximum atomic E-state index is 12.8. The summed E-state index contributed by atoms with van der Waals surface area (Å²) < 4.78 is 38.4. The Kier molecular flexibility index (Phi) is 4.98. The molecule has 0 aliphatic rings. The van der Waals surface area contributed by atoms with Crippen molar-refractivity contribution in [1.82, 2.24) is 5.32 Å².